The molecular weight excluding hydrogens is 392 g/mol. The lowest BCUT2D eigenvalue weighted by atomic mass is 10.1. The van der Waals surface area contributed by atoms with Crippen LogP contribution in [0, 0.1) is 20.8 Å². The maximum atomic E-state index is 12.9. The highest BCUT2D eigenvalue weighted by Crippen LogP contribution is 2.21. The van der Waals surface area contributed by atoms with E-state index >= 15 is 0 Å². The van der Waals surface area contributed by atoms with E-state index in [-0.39, 0.29) is 5.91 Å². The minimum absolute atomic E-state index is 0.0600. The number of aromatic nitrogens is 2. The number of furan rings is 1. The lowest BCUT2D eigenvalue weighted by Crippen LogP contribution is -2.48. The van der Waals surface area contributed by atoms with Gasteiger partial charge in [0.25, 0.3) is 5.91 Å². The Morgan fingerprint density at radius 3 is 2.58 bits per heavy atom. The molecule has 0 bridgehead atoms. The lowest BCUT2D eigenvalue weighted by molar-refractivity contribution is 0.0594. The molecule has 1 amide bonds. The van der Waals surface area contributed by atoms with E-state index in [0.717, 1.165) is 42.2 Å². The van der Waals surface area contributed by atoms with Crippen LogP contribution in [0.25, 0.3) is 0 Å². The largest absolute Gasteiger partial charge is 0.485 e. The number of carbonyl (C=O) groups is 1. The summed E-state index contributed by atoms with van der Waals surface area (Å²) >= 11 is 0. The fourth-order valence-corrected chi connectivity index (χ4v) is 3.89. The number of hydrogen-bond donors (Lipinski definition) is 0. The van der Waals surface area contributed by atoms with Crippen molar-refractivity contribution in [3.8, 4) is 5.75 Å². The molecule has 31 heavy (non-hydrogen) atoms. The van der Waals surface area contributed by atoms with Gasteiger partial charge in [0.15, 0.2) is 5.76 Å². The summed E-state index contributed by atoms with van der Waals surface area (Å²) in [6, 6.07) is 9.67. The number of hydrogen-bond acceptors (Lipinski definition) is 5. The molecule has 1 aliphatic rings. The van der Waals surface area contributed by atoms with Gasteiger partial charge >= 0.3 is 0 Å². The molecule has 3 aromatic rings. The topological polar surface area (TPSA) is 63.7 Å². The van der Waals surface area contributed by atoms with Gasteiger partial charge in [0, 0.05) is 51.5 Å². The van der Waals surface area contributed by atoms with Crippen LogP contribution in [0.1, 0.15) is 38.7 Å². The van der Waals surface area contributed by atoms with Crippen molar-refractivity contribution < 1.29 is 13.9 Å². The molecule has 0 unspecified atom stereocenters. The molecule has 0 N–H and O–H groups in total. The van der Waals surface area contributed by atoms with Crippen molar-refractivity contribution in [1.29, 1.82) is 0 Å². The van der Waals surface area contributed by atoms with Crippen LogP contribution in [0.15, 0.2) is 40.9 Å². The molecule has 0 radical (unpaired) electrons. The maximum Gasteiger partial charge on any atom is 0.289 e. The number of aryl methyl sites for hydroxylation is 4. The molecule has 1 fully saturated rings. The number of amides is 1. The Balaban J connectivity index is 1.30. The van der Waals surface area contributed by atoms with Crippen molar-refractivity contribution in [2.24, 2.45) is 7.05 Å². The molecule has 0 saturated carbocycles. The van der Waals surface area contributed by atoms with Crippen LogP contribution >= 0.6 is 0 Å². The van der Waals surface area contributed by atoms with Crippen molar-refractivity contribution in [3.63, 3.8) is 0 Å². The summed E-state index contributed by atoms with van der Waals surface area (Å²) in [6.07, 6.45) is 2.07. The van der Waals surface area contributed by atoms with Gasteiger partial charge in [0.2, 0.25) is 0 Å². The van der Waals surface area contributed by atoms with Gasteiger partial charge < -0.3 is 14.1 Å². The van der Waals surface area contributed by atoms with Crippen LogP contribution in [-0.4, -0.2) is 51.7 Å². The fraction of sp³-hybridized carbons (Fsp3) is 0.417. The van der Waals surface area contributed by atoms with Crippen molar-refractivity contribution >= 4 is 5.91 Å². The van der Waals surface area contributed by atoms with Crippen LogP contribution in [0.4, 0.5) is 0 Å². The van der Waals surface area contributed by atoms with Gasteiger partial charge in [-0.05, 0) is 50.1 Å². The summed E-state index contributed by atoms with van der Waals surface area (Å²) in [5.74, 6) is 1.80. The van der Waals surface area contributed by atoms with Crippen molar-refractivity contribution in [2.45, 2.75) is 33.9 Å². The Labute approximate surface area is 183 Å². The zero-order valence-electron chi connectivity index (χ0n) is 18.7. The van der Waals surface area contributed by atoms with E-state index in [4.69, 9.17) is 9.15 Å². The highest BCUT2D eigenvalue weighted by molar-refractivity contribution is 5.91. The van der Waals surface area contributed by atoms with Gasteiger partial charge in [0.05, 0.1) is 5.69 Å². The Morgan fingerprint density at radius 1 is 1.10 bits per heavy atom. The van der Waals surface area contributed by atoms with E-state index in [1.807, 2.05) is 55.6 Å². The molecule has 1 aliphatic heterocycles. The monoisotopic (exact) mass is 422 g/mol. The highest BCUT2D eigenvalue weighted by atomic mass is 16.5. The number of rotatable bonds is 6. The predicted octanol–water partition coefficient (Wildman–Crippen LogP) is 3.48. The third-order valence-corrected chi connectivity index (χ3v) is 5.75. The second-order valence-electron chi connectivity index (χ2n) is 8.31. The molecule has 7 heteroatoms. The molecule has 0 aliphatic carbocycles. The first-order chi connectivity index (χ1) is 14.9. The van der Waals surface area contributed by atoms with Crippen LogP contribution < -0.4 is 4.74 Å². The standard InChI is InChI=1S/C24H30N4O3/c1-17-5-6-18(2)23(13-17)30-16-21-7-8-22(31-21)24(29)28-11-9-27(10-12-28)15-20-14-26(4)25-19(20)3/h5-8,13-14H,9-12,15-16H2,1-4H3. The zero-order valence-corrected chi connectivity index (χ0v) is 18.7. The third kappa shape index (κ3) is 4.99. The van der Waals surface area contributed by atoms with Crippen molar-refractivity contribution in [3.05, 3.63) is 70.4 Å². The minimum Gasteiger partial charge on any atom is -0.485 e. The molecule has 4 rings (SSSR count). The number of benzene rings is 1. The normalized spacial score (nSPS) is 14.8. The summed E-state index contributed by atoms with van der Waals surface area (Å²) in [4.78, 5) is 17.1. The first-order valence-electron chi connectivity index (χ1n) is 10.7. The van der Waals surface area contributed by atoms with E-state index < -0.39 is 0 Å². The van der Waals surface area contributed by atoms with Crippen LogP contribution in [0.5, 0.6) is 5.75 Å². The number of piperazine rings is 1. The summed E-state index contributed by atoms with van der Waals surface area (Å²) < 4.78 is 13.5. The molecule has 0 spiro atoms. The second-order valence-corrected chi connectivity index (χ2v) is 8.31. The number of carbonyl (C=O) groups excluding carboxylic acids is 1. The molecule has 1 aromatic carbocycles. The minimum atomic E-state index is -0.0600. The van der Waals surface area contributed by atoms with E-state index in [1.54, 1.807) is 6.07 Å². The van der Waals surface area contributed by atoms with E-state index in [2.05, 4.69) is 22.3 Å². The van der Waals surface area contributed by atoms with E-state index in [0.29, 0.717) is 31.2 Å². The smallest absolute Gasteiger partial charge is 0.289 e. The Hall–Kier alpha value is -3.06. The average molecular weight is 423 g/mol. The molecule has 2 aromatic heterocycles. The average Bonchev–Trinajstić information content (AvgIpc) is 3.35. The van der Waals surface area contributed by atoms with Gasteiger partial charge in [-0.25, -0.2) is 0 Å². The summed E-state index contributed by atoms with van der Waals surface area (Å²) in [5.41, 5.74) is 4.52. The second kappa shape index (κ2) is 8.98. The highest BCUT2D eigenvalue weighted by Gasteiger charge is 2.25. The van der Waals surface area contributed by atoms with Crippen LogP contribution in [0.2, 0.25) is 0 Å². The quantitative estimate of drug-likeness (QED) is 0.609. The molecular formula is C24H30N4O3. The SMILES string of the molecule is Cc1ccc(C)c(OCc2ccc(C(=O)N3CCN(Cc4cn(C)nc4C)CC3)o2)c1. The first kappa shape index (κ1) is 21.2. The van der Waals surface area contributed by atoms with Gasteiger partial charge in [-0.15, -0.1) is 0 Å². The van der Waals surface area contributed by atoms with Crippen LogP contribution in [0.3, 0.4) is 0 Å². The van der Waals surface area contributed by atoms with Gasteiger partial charge in [-0.1, -0.05) is 12.1 Å². The predicted molar refractivity (Wildman–Crippen MR) is 118 cm³/mol. The molecule has 0 atom stereocenters. The van der Waals surface area contributed by atoms with Crippen molar-refractivity contribution in [1.82, 2.24) is 19.6 Å². The third-order valence-electron chi connectivity index (χ3n) is 5.75. The van der Waals surface area contributed by atoms with E-state index in [9.17, 15) is 4.79 Å². The van der Waals surface area contributed by atoms with E-state index in [1.165, 1.54) is 5.56 Å². The zero-order chi connectivity index (χ0) is 22.0. The van der Waals surface area contributed by atoms with Gasteiger partial charge in [-0.2, -0.15) is 5.10 Å². The summed E-state index contributed by atoms with van der Waals surface area (Å²) in [7, 11) is 1.94. The summed E-state index contributed by atoms with van der Waals surface area (Å²) in [6.45, 7) is 10.3. The Bertz CT molecular complexity index is 1060. The van der Waals surface area contributed by atoms with Crippen molar-refractivity contribution in [2.75, 3.05) is 26.2 Å². The van der Waals surface area contributed by atoms with Gasteiger partial charge in [-0.3, -0.25) is 14.4 Å². The molecule has 1 saturated heterocycles. The summed E-state index contributed by atoms with van der Waals surface area (Å²) in [5, 5.41) is 4.41. The number of ether oxygens (including phenoxy) is 1. The van der Waals surface area contributed by atoms with Gasteiger partial charge in [0.1, 0.15) is 18.1 Å². The lowest BCUT2D eigenvalue weighted by Gasteiger charge is -2.34. The van der Waals surface area contributed by atoms with Crippen LogP contribution in [-0.2, 0) is 20.2 Å². The molecule has 3 heterocycles. The molecule has 164 valence electrons. The first-order valence-corrected chi connectivity index (χ1v) is 10.7. The fourth-order valence-electron chi connectivity index (χ4n) is 3.89. The maximum absolute atomic E-state index is 12.9. The Morgan fingerprint density at radius 2 is 1.87 bits per heavy atom. The molecule has 7 nitrogen and oxygen atoms in total. The number of nitrogens with zero attached hydrogens (tertiary/aromatic N) is 4. The Kier molecular flexibility index (Phi) is 6.13.